The number of halogens is 3. The van der Waals surface area contributed by atoms with Crippen LogP contribution in [0.25, 0.3) is 0 Å². The third-order valence-corrected chi connectivity index (χ3v) is 4.26. The van der Waals surface area contributed by atoms with Crippen molar-refractivity contribution in [2.24, 2.45) is 0 Å². The second kappa shape index (κ2) is 9.55. The Balaban J connectivity index is 1.74. The Bertz CT molecular complexity index is 714. The van der Waals surface area contributed by atoms with Crippen molar-refractivity contribution in [1.82, 2.24) is 10.2 Å². The molecule has 0 aliphatic carbocycles. The quantitative estimate of drug-likeness (QED) is 0.744. The molecule has 2 aromatic rings. The van der Waals surface area contributed by atoms with E-state index in [0.717, 1.165) is 30.5 Å². The smallest absolute Gasteiger partial charge is 0.353 e. The third kappa shape index (κ3) is 7.43. The first-order valence-electron chi connectivity index (χ1n) is 8.92. The molecule has 0 unspecified atom stereocenters. The number of nitrogens with zero attached hydrogens (tertiary/aromatic N) is 1. The number of likely N-dealkylation sites (N-methyl/N-ethyl adjacent to an activating group) is 1. The number of hydrogen-bond acceptors (Lipinski definition) is 2. The van der Waals surface area contributed by atoms with Crippen LogP contribution >= 0.6 is 0 Å². The molecule has 0 aliphatic rings. The molecule has 0 saturated heterocycles. The molecule has 2 aromatic carbocycles. The zero-order chi connectivity index (χ0) is 19.9. The summed E-state index contributed by atoms with van der Waals surface area (Å²) in [7, 11) is 1.77. The van der Waals surface area contributed by atoms with Crippen LogP contribution in [-0.4, -0.2) is 30.4 Å². The van der Waals surface area contributed by atoms with Gasteiger partial charge in [-0.05, 0) is 50.1 Å². The van der Waals surface area contributed by atoms with E-state index in [1.165, 1.54) is 17.7 Å². The van der Waals surface area contributed by atoms with Gasteiger partial charge in [0.1, 0.15) is 0 Å². The van der Waals surface area contributed by atoms with E-state index >= 15 is 0 Å². The summed E-state index contributed by atoms with van der Waals surface area (Å²) in [4.78, 5) is 13.9. The van der Waals surface area contributed by atoms with E-state index < -0.39 is 11.7 Å². The zero-order valence-corrected chi connectivity index (χ0v) is 15.6. The average molecular weight is 378 g/mol. The molecular formula is C21H25F3N2O. The molecule has 1 amide bonds. The summed E-state index contributed by atoms with van der Waals surface area (Å²) < 4.78 is 37.8. The number of nitrogens with one attached hydrogen (secondary N) is 1. The number of carbonyl (C=O) groups is 1. The highest BCUT2D eigenvalue weighted by Gasteiger charge is 2.29. The Morgan fingerprint density at radius 3 is 2.26 bits per heavy atom. The van der Waals surface area contributed by atoms with Crippen molar-refractivity contribution in [1.29, 1.82) is 0 Å². The number of amides is 1. The maximum Gasteiger partial charge on any atom is 0.416 e. The molecule has 0 aliphatic heterocycles. The third-order valence-electron chi connectivity index (χ3n) is 4.26. The fraction of sp³-hybridized carbons (Fsp3) is 0.381. The van der Waals surface area contributed by atoms with Crippen LogP contribution in [-0.2, 0) is 23.9 Å². The maximum atomic E-state index is 12.6. The van der Waals surface area contributed by atoms with Crippen molar-refractivity contribution < 1.29 is 18.0 Å². The molecule has 0 heterocycles. The fourth-order valence-corrected chi connectivity index (χ4v) is 2.83. The van der Waals surface area contributed by atoms with Gasteiger partial charge in [0, 0.05) is 12.6 Å². The van der Waals surface area contributed by atoms with Gasteiger partial charge in [0.2, 0.25) is 5.91 Å². The monoisotopic (exact) mass is 378 g/mol. The highest BCUT2D eigenvalue weighted by molar-refractivity contribution is 5.78. The Morgan fingerprint density at radius 2 is 1.67 bits per heavy atom. The van der Waals surface area contributed by atoms with E-state index in [-0.39, 0.29) is 18.5 Å². The molecule has 1 atom stereocenters. The van der Waals surface area contributed by atoms with Gasteiger partial charge in [-0.2, -0.15) is 13.2 Å². The molecule has 0 radical (unpaired) electrons. The molecule has 2 rings (SSSR count). The Kier molecular flexibility index (Phi) is 7.42. The van der Waals surface area contributed by atoms with Gasteiger partial charge in [-0.25, -0.2) is 0 Å². The first-order chi connectivity index (χ1) is 12.7. The van der Waals surface area contributed by atoms with Crippen LogP contribution in [0.3, 0.4) is 0 Å². The van der Waals surface area contributed by atoms with Crippen molar-refractivity contribution in [3.05, 3.63) is 71.3 Å². The standard InChI is InChI=1S/C21H25F3N2O/c1-16(8-9-17-6-4-3-5-7-17)25-20(27)15-26(2)14-18-10-12-19(13-11-18)21(22,23)24/h3-7,10-13,16H,8-9,14-15H2,1-2H3,(H,25,27)/t16-/m0/s1. The normalized spacial score (nSPS) is 12.8. The van der Waals surface area contributed by atoms with Gasteiger partial charge in [0.15, 0.2) is 0 Å². The molecular weight excluding hydrogens is 353 g/mol. The Morgan fingerprint density at radius 1 is 1.04 bits per heavy atom. The highest BCUT2D eigenvalue weighted by Crippen LogP contribution is 2.29. The van der Waals surface area contributed by atoms with Crippen molar-refractivity contribution in [3.63, 3.8) is 0 Å². The van der Waals surface area contributed by atoms with Crippen molar-refractivity contribution >= 4 is 5.91 Å². The molecule has 146 valence electrons. The van der Waals surface area contributed by atoms with Gasteiger partial charge in [0.25, 0.3) is 0 Å². The van der Waals surface area contributed by atoms with Gasteiger partial charge >= 0.3 is 6.18 Å². The fourth-order valence-electron chi connectivity index (χ4n) is 2.83. The van der Waals surface area contributed by atoms with Gasteiger partial charge < -0.3 is 5.32 Å². The Hall–Kier alpha value is -2.34. The van der Waals surface area contributed by atoms with Crippen molar-refractivity contribution in [3.8, 4) is 0 Å². The number of benzene rings is 2. The maximum absolute atomic E-state index is 12.6. The molecule has 27 heavy (non-hydrogen) atoms. The summed E-state index contributed by atoms with van der Waals surface area (Å²) in [6.07, 6.45) is -2.59. The molecule has 3 nitrogen and oxygen atoms in total. The lowest BCUT2D eigenvalue weighted by atomic mass is 10.1. The lowest BCUT2D eigenvalue weighted by Crippen LogP contribution is -2.39. The van der Waals surface area contributed by atoms with Crippen molar-refractivity contribution in [2.45, 2.75) is 38.5 Å². The van der Waals surface area contributed by atoms with E-state index in [4.69, 9.17) is 0 Å². The molecule has 0 spiro atoms. The van der Waals surface area contributed by atoms with Crippen LogP contribution in [0, 0.1) is 0 Å². The van der Waals surface area contributed by atoms with Gasteiger partial charge in [0.05, 0.1) is 12.1 Å². The SMILES string of the molecule is C[C@@H](CCc1ccccc1)NC(=O)CN(C)Cc1ccc(C(F)(F)F)cc1. The number of alkyl halides is 3. The molecule has 1 N–H and O–H groups in total. The van der Waals surface area contributed by atoms with E-state index in [1.807, 2.05) is 25.1 Å². The average Bonchev–Trinajstić information content (AvgIpc) is 2.60. The van der Waals surface area contributed by atoms with Gasteiger partial charge in [-0.15, -0.1) is 0 Å². The summed E-state index contributed by atoms with van der Waals surface area (Å²) in [5, 5.41) is 2.97. The molecule has 6 heteroatoms. The van der Waals surface area contributed by atoms with E-state index in [0.29, 0.717) is 6.54 Å². The highest BCUT2D eigenvalue weighted by atomic mass is 19.4. The predicted molar refractivity (Wildman–Crippen MR) is 100 cm³/mol. The topological polar surface area (TPSA) is 32.3 Å². The summed E-state index contributed by atoms with van der Waals surface area (Å²) >= 11 is 0. The number of rotatable bonds is 8. The van der Waals surface area contributed by atoms with Gasteiger partial charge in [-0.1, -0.05) is 42.5 Å². The van der Waals surface area contributed by atoms with Crippen LogP contribution in [0.5, 0.6) is 0 Å². The first-order valence-corrected chi connectivity index (χ1v) is 8.92. The minimum Gasteiger partial charge on any atom is -0.353 e. The van der Waals surface area contributed by atoms with Crippen molar-refractivity contribution in [2.75, 3.05) is 13.6 Å². The van der Waals surface area contributed by atoms with Crippen LogP contribution < -0.4 is 5.32 Å². The molecule has 0 saturated carbocycles. The van der Waals surface area contributed by atoms with E-state index in [1.54, 1.807) is 11.9 Å². The molecule has 0 fully saturated rings. The number of aryl methyl sites for hydroxylation is 1. The second-order valence-electron chi connectivity index (χ2n) is 6.86. The van der Waals surface area contributed by atoms with Crippen LogP contribution in [0.1, 0.15) is 30.0 Å². The summed E-state index contributed by atoms with van der Waals surface area (Å²) in [6.45, 7) is 2.57. The lowest BCUT2D eigenvalue weighted by molar-refractivity contribution is -0.137. The minimum atomic E-state index is -4.33. The van der Waals surface area contributed by atoms with Crippen LogP contribution in [0.4, 0.5) is 13.2 Å². The molecule has 0 bridgehead atoms. The number of hydrogen-bond donors (Lipinski definition) is 1. The summed E-state index contributed by atoms with van der Waals surface area (Å²) in [5.74, 6) is -0.0926. The number of carbonyl (C=O) groups excluding carboxylic acids is 1. The predicted octanol–water partition coefficient (Wildman–Crippen LogP) is 4.27. The molecule has 0 aromatic heterocycles. The first kappa shape index (κ1) is 21.0. The van der Waals surface area contributed by atoms with Gasteiger partial charge in [-0.3, -0.25) is 9.69 Å². The lowest BCUT2D eigenvalue weighted by Gasteiger charge is -2.19. The minimum absolute atomic E-state index is 0.0529. The Labute approximate surface area is 158 Å². The van der Waals surface area contributed by atoms with Crippen LogP contribution in [0.15, 0.2) is 54.6 Å². The summed E-state index contributed by atoms with van der Waals surface area (Å²) in [5.41, 5.74) is 1.30. The zero-order valence-electron chi connectivity index (χ0n) is 15.6. The van der Waals surface area contributed by atoms with Crippen LogP contribution in [0.2, 0.25) is 0 Å². The van der Waals surface area contributed by atoms with E-state index in [9.17, 15) is 18.0 Å². The van der Waals surface area contributed by atoms with E-state index in [2.05, 4.69) is 17.4 Å². The largest absolute Gasteiger partial charge is 0.416 e. The summed E-state index contributed by atoms with van der Waals surface area (Å²) in [6, 6.07) is 15.2. The second-order valence-corrected chi connectivity index (χ2v) is 6.86.